The highest BCUT2D eigenvalue weighted by molar-refractivity contribution is 7.58. The summed E-state index contributed by atoms with van der Waals surface area (Å²) in [5.41, 5.74) is 1.74. The molecule has 0 aromatic heterocycles. The van der Waals surface area contributed by atoms with Gasteiger partial charge in [0.05, 0.1) is 35.9 Å². The lowest BCUT2D eigenvalue weighted by Crippen LogP contribution is -2.36. The summed E-state index contributed by atoms with van der Waals surface area (Å²) in [6.07, 6.45) is 1.78. The van der Waals surface area contributed by atoms with E-state index in [1.165, 1.54) is 0 Å². The molecular formula is C17H27N2O3P. The van der Waals surface area contributed by atoms with Gasteiger partial charge in [-0.25, -0.2) is 0 Å². The normalized spacial score (nSPS) is 18.3. The summed E-state index contributed by atoms with van der Waals surface area (Å²) in [6.45, 7) is 10.6. The van der Waals surface area contributed by atoms with Crippen molar-refractivity contribution < 1.29 is 13.6 Å². The van der Waals surface area contributed by atoms with Crippen molar-refractivity contribution in [3.63, 3.8) is 0 Å². The SMILES string of the molecule is CCOP(=O)(OCC)C1=CNc2ccccc2NC1C(C)(C)C. The first-order valence-corrected chi connectivity index (χ1v) is 9.58. The number of nitrogens with one attached hydrogen (secondary N) is 2. The predicted octanol–water partition coefficient (Wildman–Crippen LogP) is 5.05. The fraction of sp³-hybridized carbons (Fsp3) is 0.529. The van der Waals surface area contributed by atoms with Gasteiger partial charge in [0.15, 0.2) is 0 Å². The van der Waals surface area contributed by atoms with E-state index in [9.17, 15) is 4.57 Å². The molecule has 0 amide bonds. The van der Waals surface area contributed by atoms with Gasteiger partial charge in [-0.1, -0.05) is 32.9 Å². The van der Waals surface area contributed by atoms with Crippen molar-refractivity contribution in [2.24, 2.45) is 5.41 Å². The molecule has 0 spiro atoms. The van der Waals surface area contributed by atoms with Gasteiger partial charge < -0.3 is 19.7 Å². The van der Waals surface area contributed by atoms with Gasteiger partial charge in [0.2, 0.25) is 0 Å². The highest BCUT2D eigenvalue weighted by Gasteiger charge is 2.41. The number of rotatable bonds is 5. The molecule has 1 atom stereocenters. The lowest BCUT2D eigenvalue weighted by molar-refractivity contribution is 0.221. The molecule has 2 N–H and O–H groups in total. The van der Waals surface area contributed by atoms with Crippen molar-refractivity contribution in [1.29, 1.82) is 0 Å². The fourth-order valence-electron chi connectivity index (χ4n) is 2.62. The Hall–Kier alpha value is -1.29. The third-order valence-corrected chi connectivity index (χ3v) is 5.89. The Balaban J connectivity index is 2.51. The highest BCUT2D eigenvalue weighted by atomic mass is 31.2. The van der Waals surface area contributed by atoms with Crippen LogP contribution in [0.4, 0.5) is 11.4 Å². The van der Waals surface area contributed by atoms with E-state index >= 15 is 0 Å². The van der Waals surface area contributed by atoms with Gasteiger partial charge in [0.1, 0.15) is 0 Å². The van der Waals surface area contributed by atoms with Gasteiger partial charge in [0, 0.05) is 6.20 Å². The maximum absolute atomic E-state index is 13.3. The standard InChI is InChI=1S/C17H27N2O3P/c1-6-21-23(20,22-7-2)15-12-18-13-10-8-9-11-14(13)19-16(15)17(3,4)5/h8-12,16,18-19H,6-7H2,1-5H3. The first kappa shape index (κ1) is 18.1. The Morgan fingerprint density at radius 2 is 1.65 bits per heavy atom. The summed E-state index contributed by atoms with van der Waals surface area (Å²) in [7, 11) is -3.37. The highest BCUT2D eigenvalue weighted by Crippen LogP contribution is 2.60. The van der Waals surface area contributed by atoms with Crippen LogP contribution in [0.2, 0.25) is 0 Å². The second-order valence-electron chi connectivity index (χ2n) is 6.54. The second kappa shape index (κ2) is 7.08. The van der Waals surface area contributed by atoms with E-state index in [2.05, 4.69) is 31.4 Å². The molecular weight excluding hydrogens is 311 g/mol. The molecule has 1 aliphatic rings. The van der Waals surface area contributed by atoms with Gasteiger partial charge in [0.25, 0.3) is 0 Å². The number of fused-ring (bicyclic) bond motifs is 1. The molecule has 5 nitrogen and oxygen atoms in total. The molecule has 0 saturated heterocycles. The number of hydrogen-bond acceptors (Lipinski definition) is 5. The van der Waals surface area contributed by atoms with E-state index in [0.717, 1.165) is 11.4 Å². The summed E-state index contributed by atoms with van der Waals surface area (Å²) in [6, 6.07) is 7.74. The number of hydrogen-bond donors (Lipinski definition) is 2. The molecule has 6 heteroatoms. The molecule has 0 radical (unpaired) electrons. The molecule has 0 fully saturated rings. The fourth-order valence-corrected chi connectivity index (χ4v) is 4.67. The minimum atomic E-state index is -3.37. The van der Waals surface area contributed by atoms with E-state index in [-0.39, 0.29) is 11.5 Å². The lowest BCUT2D eigenvalue weighted by Gasteiger charge is -2.35. The Morgan fingerprint density at radius 1 is 1.09 bits per heavy atom. The van der Waals surface area contributed by atoms with Crippen molar-refractivity contribution in [2.75, 3.05) is 23.8 Å². The minimum Gasteiger partial charge on any atom is -0.376 e. The first-order valence-electron chi connectivity index (χ1n) is 8.03. The van der Waals surface area contributed by atoms with Crippen molar-refractivity contribution >= 4 is 19.0 Å². The van der Waals surface area contributed by atoms with Gasteiger partial charge in [-0.15, -0.1) is 0 Å². The van der Waals surface area contributed by atoms with Crippen LogP contribution in [0.3, 0.4) is 0 Å². The zero-order chi connectivity index (χ0) is 17.1. The predicted molar refractivity (Wildman–Crippen MR) is 95.9 cm³/mol. The number of benzene rings is 1. The third kappa shape index (κ3) is 3.97. The third-order valence-electron chi connectivity index (χ3n) is 3.68. The summed E-state index contributed by atoms with van der Waals surface area (Å²) < 4.78 is 24.5. The smallest absolute Gasteiger partial charge is 0.360 e. The van der Waals surface area contributed by atoms with Gasteiger partial charge in [-0.3, -0.25) is 4.57 Å². The molecule has 1 aromatic carbocycles. The molecule has 2 rings (SSSR count). The van der Waals surface area contributed by atoms with Crippen LogP contribution < -0.4 is 10.6 Å². The van der Waals surface area contributed by atoms with E-state index in [4.69, 9.17) is 9.05 Å². The lowest BCUT2D eigenvalue weighted by atomic mass is 9.86. The Bertz CT molecular complexity index is 613. The molecule has 1 aliphatic heterocycles. The van der Waals surface area contributed by atoms with Crippen molar-refractivity contribution in [3.05, 3.63) is 35.8 Å². The van der Waals surface area contributed by atoms with Crippen LogP contribution in [-0.2, 0) is 13.6 Å². The summed E-state index contributed by atoms with van der Waals surface area (Å²) in [5, 5.41) is 7.38. The zero-order valence-electron chi connectivity index (χ0n) is 14.6. The Morgan fingerprint density at radius 3 is 2.17 bits per heavy atom. The van der Waals surface area contributed by atoms with Crippen molar-refractivity contribution in [3.8, 4) is 0 Å². The van der Waals surface area contributed by atoms with Crippen LogP contribution in [0.1, 0.15) is 34.6 Å². The second-order valence-corrected chi connectivity index (χ2v) is 8.56. The van der Waals surface area contributed by atoms with Crippen LogP contribution in [0.5, 0.6) is 0 Å². The number of anilines is 2. The molecule has 23 heavy (non-hydrogen) atoms. The molecule has 1 aromatic rings. The minimum absolute atomic E-state index is 0.172. The van der Waals surface area contributed by atoms with Crippen LogP contribution in [0.25, 0.3) is 0 Å². The molecule has 0 bridgehead atoms. The first-order chi connectivity index (χ1) is 10.8. The van der Waals surface area contributed by atoms with E-state index in [0.29, 0.717) is 18.5 Å². The van der Waals surface area contributed by atoms with Crippen molar-refractivity contribution in [2.45, 2.75) is 40.7 Å². The molecule has 1 unspecified atom stereocenters. The van der Waals surface area contributed by atoms with Gasteiger partial charge in [-0.05, 0) is 31.4 Å². The monoisotopic (exact) mass is 338 g/mol. The average molecular weight is 338 g/mol. The Kier molecular flexibility index (Phi) is 5.56. The zero-order valence-corrected chi connectivity index (χ0v) is 15.4. The molecule has 0 saturated carbocycles. The van der Waals surface area contributed by atoms with Crippen LogP contribution >= 0.6 is 7.60 Å². The summed E-state index contributed by atoms with van der Waals surface area (Å²) in [4.78, 5) is 0. The van der Waals surface area contributed by atoms with Gasteiger partial charge in [-0.2, -0.15) is 0 Å². The molecule has 1 heterocycles. The largest absolute Gasteiger partial charge is 0.376 e. The van der Waals surface area contributed by atoms with Crippen LogP contribution in [0.15, 0.2) is 35.8 Å². The Labute approximate surface area is 139 Å². The van der Waals surface area contributed by atoms with Crippen molar-refractivity contribution in [1.82, 2.24) is 0 Å². The molecule has 128 valence electrons. The van der Waals surface area contributed by atoms with Gasteiger partial charge >= 0.3 is 7.60 Å². The topological polar surface area (TPSA) is 59.6 Å². The van der Waals surface area contributed by atoms with Crippen LogP contribution in [-0.4, -0.2) is 19.3 Å². The van der Waals surface area contributed by atoms with E-state index in [1.807, 2.05) is 38.1 Å². The van der Waals surface area contributed by atoms with Crippen LogP contribution in [0, 0.1) is 5.41 Å². The maximum Gasteiger partial charge on any atom is 0.360 e. The summed E-state index contributed by atoms with van der Waals surface area (Å²) >= 11 is 0. The quantitative estimate of drug-likeness (QED) is 0.736. The average Bonchev–Trinajstić information content (AvgIpc) is 2.67. The maximum atomic E-state index is 13.3. The van der Waals surface area contributed by atoms with E-state index in [1.54, 1.807) is 6.20 Å². The molecule has 0 aliphatic carbocycles. The summed E-state index contributed by atoms with van der Waals surface area (Å²) in [5.74, 6) is 0. The van der Waals surface area contributed by atoms with E-state index < -0.39 is 7.60 Å². The number of para-hydroxylation sites is 2.